The lowest BCUT2D eigenvalue weighted by atomic mass is 9.99. The first-order chi connectivity index (χ1) is 12.0. The molecule has 0 aliphatic carbocycles. The molecule has 128 valence electrons. The van der Waals surface area contributed by atoms with E-state index in [9.17, 15) is 5.11 Å². The van der Waals surface area contributed by atoms with Gasteiger partial charge in [0.25, 0.3) is 0 Å². The summed E-state index contributed by atoms with van der Waals surface area (Å²) >= 11 is 6.13. The summed E-state index contributed by atoms with van der Waals surface area (Å²) in [6, 6.07) is 13.3. The molecule has 0 radical (unpaired) electrons. The molecule has 0 amide bonds. The first-order valence-electron chi connectivity index (χ1n) is 8.14. The number of rotatable bonds is 5. The zero-order valence-electron chi connectivity index (χ0n) is 14.2. The highest BCUT2D eigenvalue weighted by molar-refractivity contribution is 6.31. The molecule has 3 rings (SSSR count). The number of H-pyrrole nitrogens is 1. The van der Waals surface area contributed by atoms with Crippen LogP contribution in [0.25, 0.3) is 0 Å². The Bertz CT molecular complexity index is 873. The van der Waals surface area contributed by atoms with E-state index in [-0.39, 0.29) is 11.8 Å². The van der Waals surface area contributed by atoms with Crippen molar-refractivity contribution in [2.75, 3.05) is 0 Å². The van der Waals surface area contributed by atoms with Crippen LogP contribution in [0.4, 0.5) is 0 Å². The van der Waals surface area contributed by atoms with Crippen LogP contribution in [-0.2, 0) is 6.42 Å². The molecule has 0 unspecified atom stereocenters. The van der Waals surface area contributed by atoms with E-state index in [2.05, 4.69) is 9.97 Å². The topological polar surface area (TPSA) is 61.3 Å². The van der Waals surface area contributed by atoms with Gasteiger partial charge in [-0.15, -0.1) is 0 Å². The fourth-order valence-electron chi connectivity index (χ4n) is 2.74. The van der Waals surface area contributed by atoms with E-state index in [0.717, 1.165) is 29.0 Å². The third-order valence-electron chi connectivity index (χ3n) is 4.00. The van der Waals surface area contributed by atoms with E-state index in [1.54, 1.807) is 18.6 Å². The Morgan fingerprint density at radius 1 is 1.28 bits per heavy atom. The molecule has 25 heavy (non-hydrogen) atoms. The van der Waals surface area contributed by atoms with Gasteiger partial charge in [0, 0.05) is 34.5 Å². The summed E-state index contributed by atoms with van der Waals surface area (Å²) in [5, 5.41) is 11.0. The summed E-state index contributed by atoms with van der Waals surface area (Å²) in [4.78, 5) is 12.0. The molecular formula is C20H20ClN3O. The van der Waals surface area contributed by atoms with Crippen LogP contribution in [-0.4, -0.2) is 26.8 Å². The molecule has 0 aliphatic heterocycles. The zero-order chi connectivity index (χ0) is 17.8. The van der Waals surface area contributed by atoms with Gasteiger partial charge in [-0.05, 0) is 31.5 Å². The van der Waals surface area contributed by atoms with Gasteiger partial charge in [0.05, 0.1) is 18.1 Å². The molecule has 0 spiro atoms. The quantitative estimate of drug-likeness (QED) is 0.661. The van der Waals surface area contributed by atoms with Crippen LogP contribution in [0, 0.1) is 6.92 Å². The number of aliphatic imine (C=N–C) groups is 1. The minimum Gasteiger partial charge on any atom is -0.507 e. The number of aromatic nitrogens is 2. The van der Waals surface area contributed by atoms with Gasteiger partial charge in [0.15, 0.2) is 0 Å². The fraction of sp³-hybridized carbons (Fsp3) is 0.200. The summed E-state index contributed by atoms with van der Waals surface area (Å²) in [5.41, 5.74) is 4.32. The number of nitrogens with zero attached hydrogens (tertiary/aromatic N) is 2. The highest BCUT2D eigenvalue weighted by Gasteiger charge is 2.15. The van der Waals surface area contributed by atoms with E-state index in [4.69, 9.17) is 16.6 Å². The molecule has 1 heterocycles. The van der Waals surface area contributed by atoms with Crippen molar-refractivity contribution in [2.24, 2.45) is 4.99 Å². The van der Waals surface area contributed by atoms with E-state index >= 15 is 0 Å². The Labute approximate surface area is 152 Å². The largest absolute Gasteiger partial charge is 0.507 e. The van der Waals surface area contributed by atoms with Crippen LogP contribution < -0.4 is 0 Å². The van der Waals surface area contributed by atoms with Crippen LogP contribution in [0.5, 0.6) is 5.75 Å². The third-order valence-corrected chi connectivity index (χ3v) is 4.41. The Kier molecular flexibility index (Phi) is 5.19. The van der Waals surface area contributed by atoms with Gasteiger partial charge in [-0.3, -0.25) is 4.99 Å². The minimum absolute atomic E-state index is 0.0195. The van der Waals surface area contributed by atoms with E-state index < -0.39 is 0 Å². The molecule has 2 aromatic carbocycles. The third kappa shape index (κ3) is 4.09. The van der Waals surface area contributed by atoms with Gasteiger partial charge in [-0.25, -0.2) is 4.98 Å². The first-order valence-corrected chi connectivity index (χ1v) is 8.52. The number of nitrogens with one attached hydrogen (secondary N) is 1. The molecule has 3 aromatic rings. The number of phenols is 1. The molecule has 5 heteroatoms. The fourth-order valence-corrected chi connectivity index (χ4v) is 2.89. The first kappa shape index (κ1) is 17.2. The molecule has 0 bridgehead atoms. The average molecular weight is 354 g/mol. The number of halogens is 1. The lowest BCUT2D eigenvalue weighted by molar-refractivity contribution is 0.474. The molecule has 1 aromatic heterocycles. The zero-order valence-corrected chi connectivity index (χ0v) is 15.0. The number of phenolic OH excluding ortho intramolecular Hbond substituents is 1. The molecule has 1 atom stereocenters. The minimum atomic E-state index is 0.0195. The smallest absolute Gasteiger partial charge is 0.126 e. The second kappa shape index (κ2) is 7.53. The normalized spacial score (nSPS) is 13.0. The Balaban J connectivity index is 2.04. The van der Waals surface area contributed by atoms with Gasteiger partial charge < -0.3 is 10.1 Å². The molecule has 0 fully saturated rings. The number of imidazole rings is 1. The van der Waals surface area contributed by atoms with Crippen molar-refractivity contribution < 1.29 is 5.11 Å². The lowest BCUT2D eigenvalue weighted by Gasteiger charge is -2.14. The average Bonchev–Trinajstić information content (AvgIpc) is 3.10. The Morgan fingerprint density at radius 2 is 2.04 bits per heavy atom. The summed E-state index contributed by atoms with van der Waals surface area (Å²) in [7, 11) is 0. The number of aromatic amines is 1. The van der Waals surface area contributed by atoms with Gasteiger partial charge in [0.2, 0.25) is 0 Å². The van der Waals surface area contributed by atoms with Crippen molar-refractivity contribution in [3.63, 3.8) is 0 Å². The van der Waals surface area contributed by atoms with Gasteiger partial charge in [-0.1, -0.05) is 41.9 Å². The van der Waals surface area contributed by atoms with Gasteiger partial charge >= 0.3 is 0 Å². The summed E-state index contributed by atoms with van der Waals surface area (Å²) in [6.07, 6.45) is 4.21. The number of aryl methyl sites for hydroxylation is 1. The molecular weight excluding hydrogens is 334 g/mol. The van der Waals surface area contributed by atoms with E-state index in [0.29, 0.717) is 10.6 Å². The standard InChI is InChI=1S/C20H20ClN3O/c1-13-8-17(19(25)10-18(13)21)20(15-6-4-3-5-7-15)24-14(2)9-16-11-22-12-23-16/h3-8,10-12,14,25H,9H2,1-2H3,(H,22,23)/t14-/m1/s1. The summed E-state index contributed by atoms with van der Waals surface area (Å²) in [6.45, 7) is 3.96. The van der Waals surface area contributed by atoms with Crippen molar-refractivity contribution >= 4 is 17.3 Å². The second-order valence-electron chi connectivity index (χ2n) is 6.09. The van der Waals surface area contributed by atoms with Crippen molar-refractivity contribution in [3.05, 3.63) is 82.4 Å². The summed E-state index contributed by atoms with van der Waals surface area (Å²) < 4.78 is 0. The highest BCUT2D eigenvalue weighted by atomic mass is 35.5. The predicted octanol–water partition coefficient (Wildman–Crippen LogP) is 4.55. The van der Waals surface area contributed by atoms with Crippen LogP contribution in [0.3, 0.4) is 0 Å². The van der Waals surface area contributed by atoms with Crippen LogP contribution in [0.15, 0.2) is 60.0 Å². The monoisotopic (exact) mass is 353 g/mol. The maximum absolute atomic E-state index is 10.4. The molecule has 0 aliphatic rings. The lowest BCUT2D eigenvalue weighted by Crippen LogP contribution is -2.12. The van der Waals surface area contributed by atoms with Crippen LogP contribution in [0.2, 0.25) is 5.02 Å². The van der Waals surface area contributed by atoms with Crippen molar-refractivity contribution in [1.82, 2.24) is 9.97 Å². The second-order valence-corrected chi connectivity index (χ2v) is 6.50. The molecule has 2 N–H and O–H groups in total. The Morgan fingerprint density at radius 3 is 2.72 bits per heavy atom. The van der Waals surface area contributed by atoms with E-state index in [1.165, 1.54) is 0 Å². The predicted molar refractivity (Wildman–Crippen MR) is 102 cm³/mol. The van der Waals surface area contributed by atoms with E-state index in [1.807, 2.05) is 50.2 Å². The molecule has 0 saturated heterocycles. The maximum atomic E-state index is 10.4. The maximum Gasteiger partial charge on any atom is 0.126 e. The molecule has 0 saturated carbocycles. The Hall–Kier alpha value is -2.59. The number of hydrogen-bond acceptors (Lipinski definition) is 3. The van der Waals surface area contributed by atoms with Crippen molar-refractivity contribution in [1.29, 1.82) is 0 Å². The number of benzene rings is 2. The van der Waals surface area contributed by atoms with Crippen LogP contribution >= 0.6 is 11.6 Å². The highest BCUT2D eigenvalue weighted by Crippen LogP contribution is 2.28. The van der Waals surface area contributed by atoms with Crippen molar-refractivity contribution in [2.45, 2.75) is 26.3 Å². The van der Waals surface area contributed by atoms with Gasteiger partial charge in [0.1, 0.15) is 5.75 Å². The summed E-state index contributed by atoms with van der Waals surface area (Å²) in [5.74, 6) is 0.131. The number of hydrogen-bond donors (Lipinski definition) is 2. The SMILES string of the molecule is Cc1cc(C(=N[C@H](C)Cc2cnc[nH]2)c2ccccc2)c(O)cc1Cl. The van der Waals surface area contributed by atoms with Crippen molar-refractivity contribution in [3.8, 4) is 5.75 Å². The molecule has 4 nitrogen and oxygen atoms in total. The number of aromatic hydroxyl groups is 1. The van der Waals surface area contributed by atoms with Gasteiger partial charge in [-0.2, -0.15) is 0 Å². The van der Waals surface area contributed by atoms with Crippen LogP contribution in [0.1, 0.15) is 29.3 Å².